The summed E-state index contributed by atoms with van der Waals surface area (Å²) in [7, 11) is 0. The molecular weight excluding hydrogens is 402 g/mol. The topological polar surface area (TPSA) is 100 Å². The Balaban J connectivity index is 1.37. The fraction of sp³-hybridized carbons (Fsp3) is 0.360. The number of aromatic nitrogens is 2. The Morgan fingerprint density at radius 3 is 2.66 bits per heavy atom. The van der Waals surface area contributed by atoms with Gasteiger partial charge in [-0.3, -0.25) is 4.90 Å². The van der Waals surface area contributed by atoms with Gasteiger partial charge in [0.05, 0.1) is 17.6 Å². The van der Waals surface area contributed by atoms with Crippen molar-refractivity contribution in [3.63, 3.8) is 0 Å². The van der Waals surface area contributed by atoms with E-state index >= 15 is 0 Å². The largest absolute Gasteiger partial charge is 0.457 e. The molecule has 0 saturated carbocycles. The molecule has 0 aliphatic carbocycles. The molecule has 4 rings (SSSR count). The number of hydrogen-bond acceptors (Lipinski definition) is 6. The normalized spacial score (nSPS) is 15.8. The molecule has 3 aromatic rings. The first-order valence-corrected chi connectivity index (χ1v) is 11.2. The first kappa shape index (κ1) is 22.0. The summed E-state index contributed by atoms with van der Waals surface area (Å²) in [5, 5.41) is 7.12. The van der Waals surface area contributed by atoms with Gasteiger partial charge in [0.15, 0.2) is 0 Å². The molecule has 4 N–H and O–H groups in total. The highest BCUT2D eigenvalue weighted by atomic mass is 16.5. The second-order valence-electron chi connectivity index (χ2n) is 8.16. The van der Waals surface area contributed by atoms with E-state index in [0.717, 1.165) is 66.8 Å². The molecule has 0 amide bonds. The molecule has 0 unspecified atom stereocenters. The molecule has 7 nitrogen and oxygen atoms in total. The molecule has 2 aromatic carbocycles. The number of piperidine rings is 1. The van der Waals surface area contributed by atoms with E-state index in [1.807, 2.05) is 42.5 Å². The van der Waals surface area contributed by atoms with Gasteiger partial charge < -0.3 is 25.6 Å². The fourth-order valence-electron chi connectivity index (χ4n) is 4.02. The van der Waals surface area contributed by atoms with Crippen LogP contribution < -0.4 is 10.5 Å². The number of imidazole rings is 1. The summed E-state index contributed by atoms with van der Waals surface area (Å²) in [6.07, 6.45) is 5.10. The molecule has 1 fully saturated rings. The van der Waals surface area contributed by atoms with Gasteiger partial charge in [0.25, 0.3) is 0 Å². The van der Waals surface area contributed by atoms with E-state index in [2.05, 4.69) is 16.8 Å². The molecule has 1 saturated heterocycles. The number of allylic oxidation sites excluding steroid dienone is 1. The van der Waals surface area contributed by atoms with Crippen LogP contribution in [0.4, 0.5) is 0 Å². The Hall–Kier alpha value is -3.16. The van der Waals surface area contributed by atoms with Crippen LogP contribution in [-0.2, 0) is 11.3 Å². The van der Waals surface area contributed by atoms with Gasteiger partial charge in [-0.05, 0) is 86.8 Å². The van der Waals surface area contributed by atoms with Gasteiger partial charge in [0.2, 0.25) is 0 Å². The van der Waals surface area contributed by atoms with Crippen molar-refractivity contribution in [1.29, 1.82) is 5.41 Å². The van der Waals surface area contributed by atoms with Crippen LogP contribution in [0.3, 0.4) is 0 Å². The van der Waals surface area contributed by atoms with Crippen LogP contribution in [0, 0.1) is 11.3 Å². The predicted molar refractivity (Wildman–Crippen MR) is 128 cm³/mol. The van der Waals surface area contributed by atoms with E-state index in [9.17, 15) is 0 Å². The van der Waals surface area contributed by atoms with Crippen LogP contribution in [-0.4, -0.2) is 47.4 Å². The zero-order valence-electron chi connectivity index (χ0n) is 18.5. The van der Waals surface area contributed by atoms with Crippen molar-refractivity contribution < 1.29 is 9.47 Å². The molecule has 0 radical (unpaired) electrons. The van der Waals surface area contributed by atoms with E-state index in [-0.39, 0.29) is 0 Å². The molecule has 1 aliphatic rings. The predicted octanol–water partition coefficient (Wildman–Crippen LogP) is 4.55. The number of H-pyrrole nitrogens is 1. The second-order valence-corrected chi connectivity index (χ2v) is 8.16. The number of benzene rings is 2. The fourth-order valence-corrected chi connectivity index (χ4v) is 4.02. The van der Waals surface area contributed by atoms with Gasteiger partial charge in [-0.25, -0.2) is 4.98 Å². The summed E-state index contributed by atoms with van der Waals surface area (Å²) in [6, 6.07) is 13.4. The molecule has 1 aliphatic heterocycles. The van der Waals surface area contributed by atoms with Crippen LogP contribution in [0.5, 0.6) is 11.5 Å². The molecule has 7 heteroatoms. The zero-order chi connectivity index (χ0) is 22.3. The van der Waals surface area contributed by atoms with Crippen molar-refractivity contribution in [1.82, 2.24) is 14.9 Å². The minimum absolute atomic E-state index is 0.552. The highest BCUT2D eigenvalue weighted by Crippen LogP contribution is 2.26. The lowest BCUT2D eigenvalue weighted by molar-refractivity contribution is 0.0717. The van der Waals surface area contributed by atoms with Crippen molar-refractivity contribution >= 4 is 22.9 Å². The van der Waals surface area contributed by atoms with Crippen LogP contribution in [0.1, 0.15) is 31.2 Å². The maximum Gasteiger partial charge on any atom is 0.129 e. The monoisotopic (exact) mass is 433 g/mol. The summed E-state index contributed by atoms with van der Waals surface area (Å²) in [6.45, 7) is 6.73. The Labute approximate surface area is 188 Å². The van der Waals surface area contributed by atoms with Crippen LogP contribution in [0.15, 0.2) is 48.5 Å². The molecule has 0 bridgehead atoms. The number of hydrogen-bond donors (Lipinski definition) is 3. The lowest BCUT2D eigenvalue weighted by atomic mass is 9.98. The number of rotatable bonds is 9. The number of nitrogens with one attached hydrogen (secondary N) is 2. The summed E-state index contributed by atoms with van der Waals surface area (Å²) in [5.74, 6) is 3.14. The number of likely N-dealkylation sites (tertiary alicyclic amines) is 1. The summed E-state index contributed by atoms with van der Waals surface area (Å²) in [5.41, 5.74) is 9.24. The Morgan fingerprint density at radius 2 is 1.94 bits per heavy atom. The van der Waals surface area contributed by atoms with Crippen molar-refractivity contribution in [3.05, 3.63) is 59.9 Å². The highest BCUT2D eigenvalue weighted by molar-refractivity contribution is 5.81. The van der Waals surface area contributed by atoms with Crippen molar-refractivity contribution in [2.45, 2.75) is 26.3 Å². The third-order valence-corrected chi connectivity index (χ3v) is 5.83. The van der Waals surface area contributed by atoms with Gasteiger partial charge in [-0.1, -0.05) is 0 Å². The third-order valence-electron chi connectivity index (χ3n) is 5.83. The molecular formula is C25H31N5O2. The van der Waals surface area contributed by atoms with Gasteiger partial charge in [-0.2, -0.15) is 0 Å². The van der Waals surface area contributed by atoms with Crippen molar-refractivity contribution in [2.24, 2.45) is 11.7 Å². The van der Waals surface area contributed by atoms with Crippen molar-refractivity contribution in [2.75, 3.05) is 26.3 Å². The Morgan fingerprint density at radius 1 is 1.19 bits per heavy atom. The maximum absolute atomic E-state index is 7.12. The molecule has 168 valence electrons. The average Bonchev–Trinajstić information content (AvgIpc) is 3.21. The van der Waals surface area contributed by atoms with Gasteiger partial charge in [0, 0.05) is 31.2 Å². The van der Waals surface area contributed by atoms with Gasteiger partial charge in [0.1, 0.15) is 17.3 Å². The Bertz CT molecular complexity index is 1070. The smallest absolute Gasteiger partial charge is 0.129 e. The lowest BCUT2D eigenvalue weighted by Gasteiger charge is -2.31. The van der Waals surface area contributed by atoms with Crippen LogP contribution in [0.2, 0.25) is 0 Å². The van der Waals surface area contributed by atoms with E-state index in [0.29, 0.717) is 11.6 Å². The van der Waals surface area contributed by atoms with E-state index in [1.54, 1.807) is 6.08 Å². The average molecular weight is 434 g/mol. The molecule has 0 spiro atoms. The molecule has 1 aromatic heterocycles. The number of nitrogens with two attached hydrogens (primary N) is 1. The van der Waals surface area contributed by atoms with E-state index < -0.39 is 0 Å². The summed E-state index contributed by atoms with van der Waals surface area (Å²) < 4.78 is 11.6. The molecule has 0 atom stereocenters. The molecule has 2 heterocycles. The second kappa shape index (κ2) is 10.4. The van der Waals surface area contributed by atoms with Crippen LogP contribution >= 0.6 is 0 Å². The van der Waals surface area contributed by atoms with Gasteiger partial charge >= 0.3 is 0 Å². The summed E-state index contributed by atoms with van der Waals surface area (Å²) >= 11 is 0. The minimum Gasteiger partial charge on any atom is -0.457 e. The van der Waals surface area contributed by atoms with Crippen LogP contribution in [0.25, 0.3) is 16.7 Å². The number of ether oxygens (including phenoxy) is 2. The zero-order valence-corrected chi connectivity index (χ0v) is 18.5. The van der Waals surface area contributed by atoms with E-state index in [1.165, 1.54) is 19.1 Å². The van der Waals surface area contributed by atoms with Gasteiger partial charge in [-0.15, -0.1) is 0 Å². The number of aromatic amines is 1. The maximum atomic E-state index is 7.12. The quantitative estimate of drug-likeness (QED) is 0.430. The standard InChI is InChI=1S/C25H31N5O2/c1-2-31-17-18-10-13-30(14-11-18)16-25-28-23-8-7-21(15-24(23)29-25)32-20-5-3-19(4-6-20)22(27)9-12-26/h3-9,12,15,18,26H,2,10-11,13-14,16-17,27H2,1H3,(H,28,29)/b22-9-,26-12?. The molecule has 32 heavy (non-hydrogen) atoms. The van der Waals surface area contributed by atoms with E-state index in [4.69, 9.17) is 25.6 Å². The lowest BCUT2D eigenvalue weighted by Crippen LogP contribution is -2.34. The number of nitrogens with zero attached hydrogens (tertiary/aromatic N) is 2. The minimum atomic E-state index is 0.552. The first-order valence-electron chi connectivity index (χ1n) is 11.2. The Kier molecular flexibility index (Phi) is 7.19. The first-order chi connectivity index (χ1) is 15.6. The summed E-state index contributed by atoms with van der Waals surface area (Å²) in [4.78, 5) is 10.7. The highest BCUT2D eigenvalue weighted by Gasteiger charge is 2.20. The SMILES string of the molecule is CCOCC1CCN(Cc2nc3ccc(Oc4ccc(/C(N)=C/C=N)cc4)cc3[nH]2)CC1. The van der Waals surface area contributed by atoms with Crippen molar-refractivity contribution in [3.8, 4) is 11.5 Å². The third kappa shape index (κ3) is 5.55. The number of fused-ring (bicyclic) bond motifs is 1.